The van der Waals surface area contributed by atoms with E-state index in [-0.39, 0.29) is 5.69 Å². The number of hydrogen-bond acceptors (Lipinski definition) is 4. The summed E-state index contributed by atoms with van der Waals surface area (Å²) in [5.74, 6) is 0.971. The Hall–Kier alpha value is -2.14. The first-order valence-corrected chi connectivity index (χ1v) is 6.32. The SMILES string of the molecule is Cc1cnc(Cl)cc1Oc1cc([N+](=O)[O-])c(C)cc1C. The van der Waals surface area contributed by atoms with Crippen LogP contribution in [-0.2, 0) is 0 Å². The maximum atomic E-state index is 11.0. The summed E-state index contributed by atoms with van der Waals surface area (Å²) in [6.07, 6.45) is 1.59. The smallest absolute Gasteiger partial charge is 0.276 e. The maximum absolute atomic E-state index is 11.0. The normalized spacial score (nSPS) is 10.4. The molecule has 0 bridgehead atoms. The Kier molecular flexibility index (Phi) is 3.90. The van der Waals surface area contributed by atoms with E-state index in [4.69, 9.17) is 16.3 Å². The average Bonchev–Trinajstić information content (AvgIpc) is 2.36. The van der Waals surface area contributed by atoms with Gasteiger partial charge in [0.25, 0.3) is 5.69 Å². The molecule has 2 rings (SSSR count). The van der Waals surface area contributed by atoms with E-state index < -0.39 is 4.92 Å². The molecule has 0 atom stereocenters. The van der Waals surface area contributed by atoms with Crippen LogP contribution in [0.5, 0.6) is 11.5 Å². The molecule has 0 saturated heterocycles. The van der Waals surface area contributed by atoms with E-state index in [2.05, 4.69) is 4.98 Å². The summed E-state index contributed by atoms with van der Waals surface area (Å²) in [6.45, 7) is 5.37. The van der Waals surface area contributed by atoms with Crippen molar-refractivity contribution in [2.45, 2.75) is 20.8 Å². The fraction of sp³-hybridized carbons (Fsp3) is 0.214. The lowest BCUT2D eigenvalue weighted by molar-refractivity contribution is -0.385. The lowest BCUT2D eigenvalue weighted by Gasteiger charge is -2.11. The van der Waals surface area contributed by atoms with Gasteiger partial charge in [0.05, 0.1) is 11.0 Å². The Bertz CT molecular complexity index is 686. The van der Waals surface area contributed by atoms with Crippen LogP contribution in [-0.4, -0.2) is 9.91 Å². The monoisotopic (exact) mass is 292 g/mol. The molecule has 0 aliphatic carbocycles. The Labute approximate surface area is 121 Å². The Morgan fingerprint density at radius 1 is 1.10 bits per heavy atom. The molecule has 0 spiro atoms. The number of nitro groups is 1. The van der Waals surface area contributed by atoms with Crippen molar-refractivity contribution in [1.29, 1.82) is 0 Å². The third-order valence-corrected chi connectivity index (χ3v) is 3.14. The highest BCUT2D eigenvalue weighted by Crippen LogP contribution is 2.33. The summed E-state index contributed by atoms with van der Waals surface area (Å²) in [6, 6.07) is 4.74. The molecule has 0 saturated carbocycles. The van der Waals surface area contributed by atoms with Crippen LogP contribution >= 0.6 is 11.6 Å². The molecule has 0 aliphatic heterocycles. The first-order valence-electron chi connectivity index (χ1n) is 5.94. The highest BCUT2D eigenvalue weighted by molar-refractivity contribution is 6.29. The highest BCUT2D eigenvalue weighted by Gasteiger charge is 2.15. The van der Waals surface area contributed by atoms with Crippen LogP contribution in [0.2, 0.25) is 5.15 Å². The molecular formula is C14H13ClN2O3. The van der Waals surface area contributed by atoms with Gasteiger partial charge >= 0.3 is 0 Å². The molecule has 2 aromatic rings. The van der Waals surface area contributed by atoms with Gasteiger partial charge in [0.2, 0.25) is 0 Å². The largest absolute Gasteiger partial charge is 0.456 e. The molecule has 0 radical (unpaired) electrons. The third-order valence-electron chi connectivity index (χ3n) is 2.93. The van der Waals surface area contributed by atoms with Crippen molar-refractivity contribution in [3.8, 4) is 11.5 Å². The van der Waals surface area contributed by atoms with Gasteiger partial charge in [-0.15, -0.1) is 0 Å². The molecule has 6 heteroatoms. The highest BCUT2D eigenvalue weighted by atomic mass is 35.5. The van der Waals surface area contributed by atoms with Gasteiger partial charge in [0, 0.05) is 23.4 Å². The van der Waals surface area contributed by atoms with Crippen LogP contribution in [0.3, 0.4) is 0 Å². The van der Waals surface area contributed by atoms with E-state index in [0.717, 1.165) is 11.1 Å². The molecule has 0 aliphatic rings. The Morgan fingerprint density at radius 3 is 2.40 bits per heavy atom. The van der Waals surface area contributed by atoms with Crippen LogP contribution in [0.15, 0.2) is 24.4 Å². The summed E-state index contributed by atoms with van der Waals surface area (Å²) in [5.41, 5.74) is 2.25. The number of rotatable bonds is 3. The predicted molar refractivity (Wildman–Crippen MR) is 76.6 cm³/mol. The zero-order chi connectivity index (χ0) is 14.9. The quantitative estimate of drug-likeness (QED) is 0.479. The van der Waals surface area contributed by atoms with Gasteiger partial charge in [0.15, 0.2) is 0 Å². The molecule has 0 fully saturated rings. The van der Waals surface area contributed by atoms with E-state index >= 15 is 0 Å². The number of hydrogen-bond donors (Lipinski definition) is 0. The number of ether oxygens (including phenoxy) is 1. The molecular weight excluding hydrogens is 280 g/mol. The van der Waals surface area contributed by atoms with Gasteiger partial charge in [0.1, 0.15) is 16.7 Å². The number of halogens is 1. The van der Waals surface area contributed by atoms with Crippen LogP contribution in [0.4, 0.5) is 5.69 Å². The van der Waals surface area contributed by atoms with Crippen molar-refractivity contribution in [1.82, 2.24) is 4.98 Å². The fourth-order valence-corrected chi connectivity index (χ4v) is 1.99. The zero-order valence-electron chi connectivity index (χ0n) is 11.3. The molecule has 1 aromatic heterocycles. The Morgan fingerprint density at radius 2 is 1.75 bits per heavy atom. The molecule has 104 valence electrons. The average molecular weight is 293 g/mol. The van der Waals surface area contributed by atoms with Crippen molar-refractivity contribution < 1.29 is 9.66 Å². The minimum absolute atomic E-state index is 0.0309. The summed E-state index contributed by atoms with van der Waals surface area (Å²) < 4.78 is 5.74. The van der Waals surface area contributed by atoms with Crippen molar-refractivity contribution in [2.24, 2.45) is 0 Å². The second-order valence-electron chi connectivity index (χ2n) is 4.54. The number of nitro benzene ring substituents is 1. The van der Waals surface area contributed by atoms with Crippen molar-refractivity contribution in [3.63, 3.8) is 0 Å². The summed E-state index contributed by atoms with van der Waals surface area (Å²) in [4.78, 5) is 14.5. The van der Waals surface area contributed by atoms with Crippen LogP contribution < -0.4 is 4.74 Å². The van der Waals surface area contributed by atoms with Crippen LogP contribution in [0, 0.1) is 30.9 Å². The molecule has 20 heavy (non-hydrogen) atoms. The van der Waals surface area contributed by atoms with Gasteiger partial charge in [-0.3, -0.25) is 10.1 Å². The van der Waals surface area contributed by atoms with Gasteiger partial charge in [-0.1, -0.05) is 11.6 Å². The van der Waals surface area contributed by atoms with E-state index in [9.17, 15) is 10.1 Å². The number of benzene rings is 1. The number of aromatic nitrogens is 1. The second-order valence-corrected chi connectivity index (χ2v) is 4.92. The number of nitrogens with zero attached hydrogens (tertiary/aromatic N) is 2. The minimum atomic E-state index is -0.423. The molecule has 0 N–H and O–H groups in total. The molecule has 1 heterocycles. The van der Waals surface area contributed by atoms with Gasteiger partial charge in [-0.05, 0) is 32.4 Å². The zero-order valence-corrected chi connectivity index (χ0v) is 12.1. The molecule has 0 unspecified atom stereocenters. The fourth-order valence-electron chi connectivity index (χ4n) is 1.84. The standard InChI is InChI=1S/C14H13ClN2O3/c1-8-4-9(2)12(5-11(8)17(18)19)20-13-6-14(15)16-7-10(13)3/h4-7H,1-3H3. The first-order chi connectivity index (χ1) is 9.38. The van der Waals surface area contributed by atoms with Crippen LogP contribution in [0.1, 0.15) is 16.7 Å². The number of pyridine rings is 1. The number of aryl methyl sites for hydroxylation is 3. The Balaban J connectivity index is 2.45. The van der Waals surface area contributed by atoms with Crippen molar-refractivity contribution >= 4 is 17.3 Å². The summed E-state index contributed by atoms with van der Waals surface area (Å²) in [5, 5.41) is 11.3. The first kappa shape index (κ1) is 14.3. The summed E-state index contributed by atoms with van der Waals surface area (Å²) in [7, 11) is 0. The maximum Gasteiger partial charge on any atom is 0.276 e. The predicted octanol–water partition coefficient (Wildman–Crippen LogP) is 4.36. The van der Waals surface area contributed by atoms with Crippen molar-refractivity contribution in [3.05, 3.63) is 56.4 Å². The lowest BCUT2D eigenvalue weighted by Crippen LogP contribution is -1.96. The second kappa shape index (κ2) is 5.46. The molecule has 1 aromatic carbocycles. The van der Waals surface area contributed by atoms with Crippen molar-refractivity contribution in [2.75, 3.05) is 0 Å². The van der Waals surface area contributed by atoms with E-state index in [1.165, 1.54) is 6.07 Å². The molecule has 5 nitrogen and oxygen atoms in total. The lowest BCUT2D eigenvalue weighted by atomic mass is 10.1. The molecule has 0 amide bonds. The van der Waals surface area contributed by atoms with Gasteiger partial charge in [-0.25, -0.2) is 4.98 Å². The van der Waals surface area contributed by atoms with E-state index in [0.29, 0.717) is 22.2 Å². The van der Waals surface area contributed by atoms with E-state index in [1.54, 1.807) is 25.3 Å². The summed E-state index contributed by atoms with van der Waals surface area (Å²) >= 11 is 5.83. The topological polar surface area (TPSA) is 65.3 Å². The minimum Gasteiger partial charge on any atom is -0.456 e. The van der Waals surface area contributed by atoms with Crippen LogP contribution in [0.25, 0.3) is 0 Å². The van der Waals surface area contributed by atoms with E-state index in [1.807, 2.05) is 13.8 Å². The van der Waals surface area contributed by atoms with Gasteiger partial charge < -0.3 is 4.74 Å². The third kappa shape index (κ3) is 2.88. The van der Waals surface area contributed by atoms with Gasteiger partial charge in [-0.2, -0.15) is 0 Å².